The summed E-state index contributed by atoms with van der Waals surface area (Å²) in [4.78, 5) is 24.8. The maximum Gasteiger partial charge on any atom is 0.249 e. The predicted octanol–water partition coefficient (Wildman–Crippen LogP) is 6.31. The summed E-state index contributed by atoms with van der Waals surface area (Å²) in [5, 5.41) is 12.8. The number of anilines is 1. The third-order valence-corrected chi connectivity index (χ3v) is 7.69. The first-order valence-electron chi connectivity index (χ1n) is 12.9. The van der Waals surface area contributed by atoms with E-state index in [1.165, 1.54) is 57.8 Å². The Morgan fingerprint density at radius 3 is 2.06 bits per heavy atom. The molecule has 0 heterocycles. The van der Waals surface area contributed by atoms with Gasteiger partial charge in [-0.05, 0) is 69.5 Å². The van der Waals surface area contributed by atoms with Gasteiger partial charge in [0.25, 0.3) is 0 Å². The van der Waals surface area contributed by atoms with E-state index in [4.69, 9.17) is 0 Å². The Hall–Kier alpha value is -1.73. The van der Waals surface area contributed by atoms with Gasteiger partial charge in [0.2, 0.25) is 11.8 Å². The van der Waals surface area contributed by atoms with E-state index >= 15 is 0 Å². The molecular weight excluding hydrogens is 446 g/mol. The number of rotatable bonds is 17. The minimum absolute atomic E-state index is 0.0384. The zero-order valence-electron chi connectivity index (χ0n) is 22.2. The lowest BCUT2D eigenvalue weighted by Gasteiger charge is -2.23. The smallest absolute Gasteiger partial charge is 0.249 e. The molecule has 0 spiro atoms. The number of carbonyl (C=O) groups excluding carboxylic acids is 2. The Labute approximate surface area is 211 Å². The first-order valence-corrected chi connectivity index (χ1v) is 13.9. The number of hydrazine groups is 1. The number of phenols is 1. The second-order valence-electron chi connectivity index (χ2n) is 9.74. The molecule has 7 heteroatoms. The van der Waals surface area contributed by atoms with Crippen LogP contribution in [0.5, 0.6) is 5.75 Å². The number of aromatic hydroxyl groups is 1. The molecule has 0 saturated heterocycles. The average Bonchev–Trinajstić information content (AvgIpc) is 2.79. The Morgan fingerprint density at radius 1 is 0.912 bits per heavy atom. The Balaban J connectivity index is 2.22. The number of amides is 2. The van der Waals surface area contributed by atoms with Crippen molar-refractivity contribution >= 4 is 29.3 Å². The highest BCUT2D eigenvalue weighted by Gasteiger charge is 2.27. The zero-order chi connectivity index (χ0) is 25.6. The van der Waals surface area contributed by atoms with Crippen LogP contribution in [0, 0.1) is 20.8 Å². The van der Waals surface area contributed by atoms with Crippen LogP contribution >= 0.6 is 11.8 Å². The van der Waals surface area contributed by atoms with Crippen LogP contribution in [0.4, 0.5) is 5.69 Å². The molecule has 0 aliphatic carbocycles. The molecule has 1 rings (SSSR count). The number of aryl methyl sites for hydroxylation is 1. The van der Waals surface area contributed by atoms with Crippen molar-refractivity contribution < 1.29 is 14.7 Å². The third kappa shape index (κ3) is 11.1. The van der Waals surface area contributed by atoms with Crippen molar-refractivity contribution in [3.05, 3.63) is 22.8 Å². The summed E-state index contributed by atoms with van der Waals surface area (Å²) in [6, 6.07) is 1.75. The number of carbonyl (C=O) groups is 2. The first kappa shape index (κ1) is 30.3. The number of thioether (sulfide) groups is 1. The summed E-state index contributed by atoms with van der Waals surface area (Å²) in [7, 11) is 0. The predicted molar refractivity (Wildman–Crippen MR) is 145 cm³/mol. The minimum atomic E-state index is -0.565. The molecule has 34 heavy (non-hydrogen) atoms. The van der Waals surface area contributed by atoms with E-state index in [1.807, 2.05) is 27.7 Å². The summed E-state index contributed by atoms with van der Waals surface area (Å²) in [5.41, 5.74) is 8.35. The molecule has 2 amide bonds. The van der Waals surface area contributed by atoms with Gasteiger partial charge in [0, 0.05) is 5.69 Å². The van der Waals surface area contributed by atoms with Crippen LogP contribution < -0.4 is 16.2 Å². The van der Waals surface area contributed by atoms with Gasteiger partial charge in [0.05, 0.1) is 11.3 Å². The van der Waals surface area contributed by atoms with Crippen molar-refractivity contribution in [1.29, 1.82) is 0 Å². The van der Waals surface area contributed by atoms with Gasteiger partial charge in [-0.2, -0.15) is 0 Å². The van der Waals surface area contributed by atoms with Gasteiger partial charge in [-0.25, -0.2) is 5.43 Å². The van der Waals surface area contributed by atoms with E-state index in [9.17, 15) is 14.7 Å². The van der Waals surface area contributed by atoms with E-state index in [1.54, 1.807) is 24.8 Å². The molecule has 1 aromatic carbocycles. The summed E-state index contributed by atoms with van der Waals surface area (Å²) in [5.74, 6) is 0.808. The molecular formula is C27H47N3O3S. The van der Waals surface area contributed by atoms with Crippen molar-refractivity contribution in [2.24, 2.45) is 0 Å². The van der Waals surface area contributed by atoms with Crippen LogP contribution in [0.1, 0.15) is 102 Å². The molecule has 6 nitrogen and oxygen atoms in total. The maximum atomic E-state index is 12.5. The number of unbranched alkanes of at least 4 members (excludes halogenated alkanes) is 9. The number of hydrogen-bond donors (Lipinski definition) is 4. The number of phenolic OH excluding ortho intramolecular Hbond substituents is 1. The summed E-state index contributed by atoms with van der Waals surface area (Å²) >= 11 is 1.66. The van der Waals surface area contributed by atoms with Gasteiger partial charge in [-0.15, -0.1) is 11.8 Å². The van der Waals surface area contributed by atoms with Crippen molar-refractivity contribution in [3.63, 3.8) is 0 Å². The number of hydrogen-bond acceptors (Lipinski definition) is 5. The minimum Gasteiger partial charge on any atom is -0.507 e. The summed E-state index contributed by atoms with van der Waals surface area (Å²) in [6.45, 7) is 11.5. The fourth-order valence-corrected chi connectivity index (χ4v) is 4.77. The van der Waals surface area contributed by atoms with E-state index in [0.717, 1.165) is 23.3 Å². The SMILES string of the molecule is CCCCCCCCCCCCSC(C)(C)C(=O)NNCC(=O)Nc1cc(C)c(O)c(C)c1C. The number of nitrogens with one attached hydrogen (secondary N) is 3. The molecule has 0 saturated carbocycles. The fraction of sp³-hybridized carbons (Fsp3) is 0.704. The van der Waals surface area contributed by atoms with Crippen molar-refractivity contribution in [2.75, 3.05) is 17.6 Å². The molecule has 0 atom stereocenters. The van der Waals surface area contributed by atoms with E-state index in [-0.39, 0.29) is 24.1 Å². The van der Waals surface area contributed by atoms with Crippen LogP contribution in [-0.2, 0) is 9.59 Å². The lowest BCUT2D eigenvalue weighted by molar-refractivity contribution is -0.124. The first-order chi connectivity index (χ1) is 16.1. The largest absolute Gasteiger partial charge is 0.507 e. The van der Waals surface area contributed by atoms with Gasteiger partial charge in [0.15, 0.2) is 0 Å². The highest BCUT2D eigenvalue weighted by Crippen LogP contribution is 2.30. The lowest BCUT2D eigenvalue weighted by atomic mass is 10.0. The maximum absolute atomic E-state index is 12.5. The van der Waals surface area contributed by atoms with Gasteiger partial charge in [-0.1, -0.05) is 64.7 Å². The van der Waals surface area contributed by atoms with Crippen LogP contribution in [0.15, 0.2) is 6.07 Å². The van der Waals surface area contributed by atoms with E-state index in [2.05, 4.69) is 23.1 Å². The topological polar surface area (TPSA) is 90.5 Å². The van der Waals surface area contributed by atoms with Crippen molar-refractivity contribution in [2.45, 2.75) is 110 Å². The standard InChI is InChI=1S/C27H47N3O3S/c1-7-8-9-10-11-12-13-14-15-16-17-34-27(5,6)26(33)30-28-19-24(31)29-23-18-20(2)25(32)22(4)21(23)3/h18,28,32H,7-17,19H2,1-6H3,(H,29,31)(H,30,33). The monoisotopic (exact) mass is 493 g/mol. The molecule has 0 aromatic heterocycles. The highest BCUT2D eigenvalue weighted by atomic mass is 32.2. The van der Waals surface area contributed by atoms with Gasteiger partial charge >= 0.3 is 0 Å². The zero-order valence-corrected chi connectivity index (χ0v) is 23.1. The molecule has 4 N–H and O–H groups in total. The molecule has 0 aliphatic rings. The Morgan fingerprint density at radius 2 is 1.47 bits per heavy atom. The third-order valence-electron chi connectivity index (χ3n) is 6.29. The van der Waals surface area contributed by atoms with Crippen LogP contribution in [-0.4, -0.2) is 34.0 Å². The van der Waals surface area contributed by atoms with Crippen LogP contribution in [0.25, 0.3) is 0 Å². The normalized spacial score (nSPS) is 11.5. The molecule has 1 aromatic rings. The molecule has 0 bridgehead atoms. The van der Waals surface area contributed by atoms with Crippen molar-refractivity contribution in [1.82, 2.24) is 10.9 Å². The Kier molecular flexibility index (Phi) is 14.3. The van der Waals surface area contributed by atoms with Gasteiger partial charge in [-0.3, -0.25) is 15.0 Å². The molecule has 194 valence electrons. The summed E-state index contributed by atoms with van der Waals surface area (Å²) in [6.07, 6.45) is 13.0. The van der Waals surface area contributed by atoms with E-state index in [0.29, 0.717) is 11.3 Å². The quantitative estimate of drug-likeness (QED) is 0.116. The van der Waals surface area contributed by atoms with Gasteiger partial charge in [0.1, 0.15) is 5.75 Å². The molecule has 0 radical (unpaired) electrons. The van der Waals surface area contributed by atoms with Crippen molar-refractivity contribution in [3.8, 4) is 5.75 Å². The van der Waals surface area contributed by atoms with Crippen LogP contribution in [0.3, 0.4) is 0 Å². The second kappa shape index (κ2) is 16.0. The Bertz CT molecular complexity index is 781. The highest BCUT2D eigenvalue weighted by molar-refractivity contribution is 8.01. The fourth-order valence-electron chi connectivity index (χ4n) is 3.73. The lowest BCUT2D eigenvalue weighted by Crippen LogP contribution is -2.49. The molecule has 0 fully saturated rings. The molecule has 0 unspecified atom stereocenters. The second-order valence-corrected chi connectivity index (χ2v) is 11.5. The number of benzene rings is 1. The van der Waals surface area contributed by atoms with E-state index < -0.39 is 4.75 Å². The van der Waals surface area contributed by atoms with Crippen LogP contribution in [0.2, 0.25) is 0 Å². The van der Waals surface area contributed by atoms with Gasteiger partial charge < -0.3 is 10.4 Å². The average molecular weight is 494 g/mol. The molecule has 0 aliphatic heterocycles. The summed E-state index contributed by atoms with van der Waals surface area (Å²) < 4.78 is -0.565.